The molecule has 48 heavy (non-hydrogen) atoms. The summed E-state index contributed by atoms with van der Waals surface area (Å²) in [5.41, 5.74) is 11.0. The minimum Gasteiger partial charge on any atom is -0.208 e. The highest BCUT2D eigenvalue weighted by atomic mass is 15.0. The molecule has 0 N–H and O–H groups in total. The second-order valence-electron chi connectivity index (χ2n) is 13.3. The first kappa shape index (κ1) is 30.2. The summed E-state index contributed by atoms with van der Waals surface area (Å²) in [5, 5.41) is 0. The molecule has 0 aliphatic heterocycles. The van der Waals surface area contributed by atoms with Crippen LogP contribution >= 0.6 is 0 Å². The first-order valence-electron chi connectivity index (χ1n) is 17.6. The molecule has 3 heteroatoms. The van der Waals surface area contributed by atoms with E-state index in [0.29, 0.717) is 11.6 Å². The molecular weight excluding hydrogens is 583 g/mol. The molecule has 3 aliphatic carbocycles. The Labute approximate surface area is 284 Å². The molecule has 1 saturated carbocycles. The minimum absolute atomic E-state index is 0.0100. The van der Waals surface area contributed by atoms with E-state index in [1.807, 2.05) is 18.2 Å². The molecule has 0 radical (unpaired) electrons. The number of hydrogen-bond acceptors (Lipinski definition) is 3. The largest absolute Gasteiger partial charge is 0.208 e. The number of nitrogens with zero attached hydrogens (tertiary/aromatic N) is 3. The van der Waals surface area contributed by atoms with E-state index in [2.05, 4.69) is 121 Å². The molecule has 4 aromatic carbocycles. The van der Waals surface area contributed by atoms with Gasteiger partial charge in [-0.25, -0.2) is 15.0 Å². The Bertz CT molecular complexity index is 2010. The summed E-state index contributed by atoms with van der Waals surface area (Å²) in [6.45, 7) is 0. The second-order valence-corrected chi connectivity index (χ2v) is 13.3. The van der Waals surface area contributed by atoms with Gasteiger partial charge in [0.15, 0.2) is 17.5 Å². The van der Waals surface area contributed by atoms with Crippen molar-refractivity contribution in [3.05, 3.63) is 162 Å². The van der Waals surface area contributed by atoms with Crippen molar-refractivity contribution in [3.63, 3.8) is 0 Å². The quantitative estimate of drug-likeness (QED) is 0.181. The van der Waals surface area contributed by atoms with Gasteiger partial charge in [0.05, 0.1) is 0 Å². The topological polar surface area (TPSA) is 38.7 Å². The SMILES string of the molecule is C1=CC(c2ccc(-c3ccc(C4(c5ccc(-c6nc(C7=CCCC=C7)nc(-c7ccccc7)n6)cc5)CCCCC4)cc3)cc2)=CCC1. The molecule has 8 rings (SSSR count). The first-order chi connectivity index (χ1) is 23.7. The molecule has 0 bridgehead atoms. The molecule has 236 valence electrons. The third-order valence-electron chi connectivity index (χ3n) is 10.3. The highest BCUT2D eigenvalue weighted by Crippen LogP contribution is 2.45. The molecule has 0 amide bonds. The zero-order valence-corrected chi connectivity index (χ0v) is 27.5. The molecule has 3 aliphatic rings. The third-order valence-corrected chi connectivity index (χ3v) is 10.3. The van der Waals surface area contributed by atoms with Gasteiger partial charge in [0.1, 0.15) is 0 Å². The zero-order chi connectivity index (χ0) is 32.2. The molecule has 1 heterocycles. The van der Waals surface area contributed by atoms with Crippen LogP contribution in [0.4, 0.5) is 0 Å². The van der Waals surface area contributed by atoms with Crippen LogP contribution in [0.5, 0.6) is 0 Å². The number of hydrogen-bond donors (Lipinski definition) is 0. The third kappa shape index (κ3) is 6.13. The summed E-state index contributed by atoms with van der Waals surface area (Å²) in [4.78, 5) is 14.9. The fourth-order valence-corrected chi connectivity index (χ4v) is 7.63. The average Bonchev–Trinajstić information content (AvgIpc) is 3.19. The number of rotatable bonds is 7. The van der Waals surface area contributed by atoms with E-state index in [-0.39, 0.29) is 5.41 Å². The predicted octanol–water partition coefficient (Wildman–Crippen LogP) is 11.6. The van der Waals surface area contributed by atoms with E-state index in [1.165, 1.54) is 52.7 Å². The van der Waals surface area contributed by atoms with Crippen molar-refractivity contribution in [3.8, 4) is 33.9 Å². The summed E-state index contributed by atoms with van der Waals surface area (Å²) >= 11 is 0. The lowest BCUT2D eigenvalue weighted by Crippen LogP contribution is -2.30. The maximum Gasteiger partial charge on any atom is 0.164 e. The van der Waals surface area contributed by atoms with Crippen molar-refractivity contribution < 1.29 is 0 Å². The summed E-state index contributed by atoms with van der Waals surface area (Å²) in [5.74, 6) is 2.16. The Morgan fingerprint density at radius 3 is 1.44 bits per heavy atom. The Morgan fingerprint density at radius 2 is 0.875 bits per heavy atom. The van der Waals surface area contributed by atoms with E-state index < -0.39 is 0 Å². The minimum atomic E-state index is 0.0100. The molecule has 0 saturated heterocycles. The van der Waals surface area contributed by atoms with Crippen LogP contribution in [-0.4, -0.2) is 15.0 Å². The zero-order valence-electron chi connectivity index (χ0n) is 27.5. The van der Waals surface area contributed by atoms with Crippen molar-refractivity contribution in [2.75, 3.05) is 0 Å². The van der Waals surface area contributed by atoms with E-state index in [0.717, 1.165) is 61.0 Å². The van der Waals surface area contributed by atoms with Crippen LogP contribution in [0.15, 0.2) is 140 Å². The normalized spacial score (nSPS) is 17.1. The van der Waals surface area contributed by atoms with Crippen molar-refractivity contribution >= 4 is 11.1 Å². The first-order valence-corrected chi connectivity index (χ1v) is 17.6. The van der Waals surface area contributed by atoms with E-state index in [9.17, 15) is 0 Å². The second kappa shape index (κ2) is 13.5. The lowest BCUT2D eigenvalue weighted by Gasteiger charge is -2.39. The van der Waals surface area contributed by atoms with Gasteiger partial charge in [-0.05, 0) is 71.9 Å². The fraction of sp³-hybridized carbons (Fsp3) is 0.222. The lowest BCUT2D eigenvalue weighted by molar-refractivity contribution is 0.346. The summed E-state index contributed by atoms with van der Waals surface area (Å²) in [6, 6.07) is 37.8. The van der Waals surface area contributed by atoms with E-state index in [4.69, 9.17) is 15.0 Å². The average molecular weight is 624 g/mol. The molecule has 1 fully saturated rings. The molecule has 1 aromatic heterocycles. The summed E-state index contributed by atoms with van der Waals surface area (Å²) in [7, 11) is 0. The monoisotopic (exact) mass is 623 g/mol. The Hall–Kier alpha value is -5.15. The lowest BCUT2D eigenvalue weighted by atomic mass is 9.65. The molecule has 0 unspecified atom stereocenters. The van der Waals surface area contributed by atoms with Crippen molar-refractivity contribution in [2.45, 2.75) is 63.2 Å². The molecule has 3 nitrogen and oxygen atoms in total. The van der Waals surface area contributed by atoms with Gasteiger partial charge in [-0.2, -0.15) is 0 Å². The van der Waals surface area contributed by atoms with Gasteiger partial charge < -0.3 is 0 Å². The summed E-state index contributed by atoms with van der Waals surface area (Å²) in [6.07, 6.45) is 23.9. The number of allylic oxidation sites excluding steroid dienone is 8. The van der Waals surface area contributed by atoms with Crippen LogP contribution in [0.1, 0.15) is 80.3 Å². The van der Waals surface area contributed by atoms with Gasteiger partial charge in [-0.15, -0.1) is 0 Å². The van der Waals surface area contributed by atoms with Crippen LogP contribution in [0, 0.1) is 0 Å². The Morgan fingerprint density at radius 1 is 0.396 bits per heavy atom. The van der Waals surface area contributed by atoms with Crippen LogP contribution in [0.25, 0.3) is 45.0 Å². The maximum absolute atomic E-state index is 4.99. The van der Waals surface area contributed by atoms with Crippen LogP contribution in [0.2, 0.25) is 0 Å². The Kier molecular flexibility index (Phi) is 8.51. The van der Waals surface area contributed by atoms with Crippen molar-refractivity contribution in [1.82, 2.24) is 15.0 Å². The Balaban J connectivity index is 1.10. The molecule has 5 aromatic rings. The highest BCUT2D eigenvalue weighted by Gasteiger charge is 2.35. The predicted molar refractivity (Wildman–Crippen MR) is 199 cm³/mol. The van der Waals surface area contributed by atoms with Gasteiger partial charge in [0.25, 0.3) is 0 Å². The summed E-state index contributed by atoms with van der Waals surface area (Å²) < 4.78 is 0. The van der Waals surface area contributed by atoms with Gasteiger partial charge in [0, 0.05) is 22.1 Å². The fourth-order valence-electron chi connectivity index (χ4n) is 7.63. The van der Waals surface area contributed by atoms with Gasteiger partial charge in [-0.1, -0.05) is 159 Å². The highest BCUT2D eigenvalue weighted by molar-refractivity contribution is 5.77. The van der Waals surface area contributed by atoms with Gasteiger partial charge in [-0.3, -0.25) is 0 Å². The number of benzene rings is 4. The molecule has 0 atom stereocenters. The smallest absolute Gasteiger partial charge is 0.164 e. The maximum atomic E-state index is 4.99. The van der Waals surface area contributed by atoms with Crippen LogP contribution in [-0.2, 0) is 5.41 Å². The standard InChI is InChI=1S/C45H41N3/c1-5-13-33(14-6-1)34-19-21-35(22-20-34)36-23-27-40(28-24-36)45(31-11-4-12-32-45)41-29-25-39(26-30-41)44-47-42(37-15-7-2-8-16-37)46-43(48-44)38-17-9-3-10-18-38/h2,5,7-9,13-30H,1,3-4,6,10-12,31-32H2. The van der Waals surface area contributed by atoms with E-state index >= 15 is 0 Å². The van der Waals surface area contributed by atoms with Gasteiger partial charge >= 0.3 is 0 Å². The van der Waals surface area contributed by atoms with Crippen LogP contribution < -0.4 is 0 Å². The molecular formula is C45H41N3. The number of aromatic nitrogens is 3. The van der Waals surface area contributed by atoms with E-state index in [1.54, 1.807) is 0 Å². The van der Waals surface area contributed by atoms with Gasteiger partial charge in [0.2, 0.25) is 0 Å². The van der Waals surface area contributed by atoms with Crippen molar-refractivity contribution in [1.29, 1.82) is 0 Å². The van der Waals surface area contributed by atoms with Crippen molar-refractivity contribution in [2.24, 2.45) is 0 Å². The van der Waals surface area contributed by atoms with Crippen LogP contribution in [0.3, 0.4) is 0 Å². The molecule has 0 spiro atoms.